The Balaban J connectivity index is 1.42. The van der Waals surface area contributed by atoms with Gasteiger partial charge in [0.15, 0.2) is 17.5 Å². The SMILES string of the molecule is C=C(/C=C\c1c(C)cccc1-c1ccccc1)c1nc(-c2ccccc2)nc(-c2ccc3ccccc3c2)n1. The zero-order chi connectivity index (χ0) is 26.6. The summed E-state index contributed by atoms with van der Waals surface area (Å²) >= 11 is 0. The third kappa shape index (κ3) is 5.16. The van der Waals surface area contributed by atoms with Crippen LogP contribution in [0.15, 0.2) is 134 Å². The summed E-state index contributed by atoms with van der Waals surface area (Å²) in [4.78, 5) is 14.6. The van der Waals surface area contributed by atoms with Gasteiger partial charge in [-0.3, -0.25) is 0 Å². The van der Waals surface area contributed by atoms with Crippen molar-refractivity contribution in [1.29, 1.82) is 0 Å². The summed E-state index contributed by atoms with van der Waals surface area (Å²) in [6.07, 6.45) is 4.12. The van der Waals surface area contributed by atoms with E-state index in [1.807, 2.05) is 54.6 Å². The Kier molecular flexibility index (Phi) is 6.63. The molecule has 186 valence electrons. The second-order valence-corrected chi connectivity index (χ2v) is 9.49. The maximum Gasteiger partial charge on any atom is 0.164 e. The van der Waals surface area contributed by atoms with Crippen LogP contribution in [0.5, 0.6) is 0 Å². The fourth-order valence-electron chi connectivity index (χ4n) is 4.72. The first-order chi connectivity index (χ1) is 19.2. The van der Waals surface area contributed by atoms with Crippen molar-refractivity contribution in [2.75, 3.05) is 0 Å². The quantitative estimate of drug-likeness (QED) is 0.214. The van der Waals surface area contributed by atoms with Crippen LogP contribution in [0, 0.1) is 6.92 Å². The van der Waals surface area contributed by atoms with E-state index in [0.717, 1.165) is 27.6 Å². The molecular weight excluding hydrogens is 474 g/mol. The Hall–Kier alpha value is -5.15. The molecule has 0 atom stereocenters. The van der Waals surface area contributed by atoms with Crippen molar-refractivity contribution in [3.8, 4) is 33.9 Å². The van der Waals surface area contributed by atoms with Crippen molar-refractivity contribution < 1.29 is 0 Å². The van der Waals surface area contributed by atoms with Crippen LogP contribution < -0.4 is 0 Å². The number of aryl methyl sites for hydroxylation is 1. The van der Waals surface area contributed by atoms with E-state index in [1.54, 1.807) is 0 Å². The normalized spacial score (nSPS) is 11.2. The summed E-state index contributed by atoms with van der Waals surface area (Å²) < 4.78 is 0. The first kappa shape index (κ1) is 24.2. The van der Waals surface area contributed by atoms with Crippen LogP contribution in [0.25, 0.3) is 56.3 Å². The lowest BCUT2D eigenvalue weighted by Crippen LogP contribution is -2.02. The summed E-state index contributed by atoms with van der Waals surface area (Å²) in [5.41, 5.74) is 7.30. The van der Waals surface area contributed by atoms with E-state index >= 15 is 0 Å². The van der Waals surface area contributed by atoms with Crippen LogP contribution in [0.4, 0.5) is 0 Å². The van der Waals surface area contributed by atoms with E-state index < -0.39 is 0 Å². The largest absolute Gasteiger partial charge is 0.208 e. The molecule has 1 aromatic heterocycles. The lowest BCUT2D eigenvalue weighted by molar-refractivity contribution is 1.04. The molecule has 39 heavy (non-hydrogen) atoms. The first-order valence-corrected chi connectivity index (χ1v) is 13.0. The lowest BCUT2D eigenvalue weighted by atomic mass is 9.95. The molecule has 3 nitrogen and oxygen atoms in total. The van der Waals surface area contributed by atoms with Crippen molar-refractivity contribution in [3.63, 3.8) is 0 Å². The average Bonchev–Trinajstić information content (AvgIpc) is 3.00. The lowest BCUT2D eigenvalue weighted by Gasteiger charge is -2.11. The molecular formula is C36H27N3. The Morgan fingerprint density at radius 3 is 1.97 bits per heavy atom. The van der Waals surface area contributed by atoms with Crippen LogP contribution in [0.1, 0.15) is 17.0 Å². The highest BCUT2D eigenvalue weighted by Gasteiger charge is 2.13. The molecule has 3 heteroatoms. The van der Waals surface area contributed by atoms with Crippen LogP contribution in [0.2, 0.25) is 0 Å². The van der Waals surface area contributed by atoms with E-state index in [0.29, 0.717) is 17.5 Å². The summed E-state index contributed by atoms with van der Waals surface area (Å²) in [7, 11) is 0. The fraction of sp³-hybridized carbons (Fsp3) is 0.0278. The minimum absolute atomic E-state index is 0.554. The van der Waals surface area contributed by atoms with E-state index in [9.17, 15) is 0 Å². The monoisotopic (exact) mass is 501 g/mol. The molecule has 0 aliphatic heterocycles. The van der Waals surface area contributed by atoms with E-state index in [2.05, 4.69) is 92.4 Å². The molecule has 0 N–H and O–H groups in total. The average molecular weight is 502 g/mol. The van der Waals surface area contributed by atoms with Crippen molar-refractivity contribution in [2.24, 2.45) is 0 Å². The summed E-state index contributed by atoms with van der Waals surface area (Å²) in [6, 6.07) is 41.4. The molecule has 0 radical (unpaired) electrons. The molecule has 0 amide bonds. The predicted molar refractivity (Wildman–Crippen MR) is 163 cm³/mol. The number of rotatable bonds is 6. The number of hydrogen-bond acceptors (Lipinski definition) is 3. The summed E-state index contributed by atoms with van der Waals surface area (Å²) in [5.74, 6) is 1.80. The standard InChI is InChI=1S/C36H27N3/c1-25-12-11-19-33(28-14-5-3-6-15-28)32(25)23-20-26(2)34-37-35(29-16-7-4-8-17-29)39-36(38-34)31-22-21-27-13-9-10-18-30(27)24-31/h3-24H,2H2,1H3/b23-20-. The zero-order valence-corrected chi connectivity index (χ0v) is 21.8. The van der Waals surface area contributed by atoms with Gasteiger partial charge < -0.3 is 0 Å². The Bertz CT molecular complexity index is 1820. The van der Waals surface area contributed by atoms with Gasteiger partial charge in [-0.2, -0.15) is 0 Å². The van der Waals surface area contributed by atoms with Gasteiger partial charge in [-0.05, 0) is 46.0 Å². The van der Waals surface area contributed by atoms with Crippen molar-refractivity contribution in [2.45, 2.75) is 6.92 Å². The number of hydrogen-bond donors (Lipinski definition) is 0. The second kappa shape index (κ2) is 10.7. The molecule has 0 aliphatic carbocycles. The molecule has 1 heterocycles. The van der Waals surface area contributed by atoms with Gasteiger partial charge in [0.05, 0.1) is 0 Å². The minimum atomic E-state index is 0.554. The van der Waals surface area contributed by atoms with E-state index in [4.69, 9.17) is 15.0 Å². The van der Waals surface area contributed by atoms with Gasteiger partial charge in [0.2, 0.25) is 0 Å². The number of fused-ring (bicyclic) bond motifs is 1. The second-order valence-electron chi connectivity index (χ2n) is 9.49. The van der Waals surface area contributed by atoms with Crippen LogP contribution in [-0.4, -0.2) is 15.0 Å². The van der Waals surface area contributed by atoms with Gasteiger partial charge in [-0.1, -0.05) is 134 Å². The van der Waals surface area contributed by atoms with Crippen molar-refractivity contribution in [3.05, 3.63) is 151 Å². The molecule has 0 fully saturated rings. The van der Waals surface area contributed by atoms with Gasteiger partial charge in [0.1, 0.15) is 0 Å². The third-order valence-corrected chi connectivity index (χ3v) is 6.82. The van der Waals surface area contributed by atoms with Crippen LogP contribution in [0.3, 0.4) is 0 Å². The predicted octanol–water partition coefficient (Wildman–Crippen LogP) is 9.06. The highest BCUT2D eigenvalue weighted by atomic mass is 15.0. The van der Waals surface area contributed by atoms with Gasteiger partial charge in [0, 0.05) is 16.7 Å². The minimum Gasteiger partial charge on any atom is -0.208 e. The maximum absolute atomic E-state index is 4.88. The maximum atomic E-state index is 4.88. The molecule has 0 aliphatic rings. The molecule has 5 aromatic carbocycles. The number of aromatic nitrogens is 3. The fourth-order valence-corrected chi connectivity index (χ4v) is 4.72. The van der Waals surface area contributed by atoms with Crippen LogP contribution >= 0.6 is 0 Å². The third-order valence-electron chi connectivity index (χ3n) is 6.82. The molecule has 0 saturated carbocycles. The number of allylic oxidation sites excluding steroid dienone is 2. The van der Waals surface area contributed by atoms with Crippen LogP contribution in [-0.2, 0) is 0 Å². The highest BCUT2D eigenvalue weighted by Crippen LogP contribution is 2.29. The van der Waals surface area contributed by atoms with Gasteiger partial charge in [-0.25, -0.2) is 15.0 Å². The molecule has 6 aromatic rings. The summed E-state index contributed by atoms with van der Waals surface area (Å²) in [6.45, 7) is 6.48. The molecule has 6 rings (SSSR count). The molecule has 0 bridgehead atoms. The number of nitrogens with zero attached hydrogens (tertiary/aromatic N) is 3. The Morgan fingerprint density at radius 1 is 0.590 bits per heavy atom. The smallest absolute Gasteiger partial charge is 0.164 e. The van der Waals surface area contributed by atoms with Gasteiger partial charge in [-0.15, -0.1) is 0 Å². The first-order valence-electron chi connectivity index (χ1n) is 13.0. The summed E-state index contributed by atoms with van der Waals surface area (Å²) in [5, 5.41) is 2.32. The van der Waals surface area contributed by atoms with Gasteiger partial charge >= 0.3 is 0 Å². The Morgan fingerprint density at radius 2 is 1.23 bits per heavy atom. The molecule has 0 spiro atoms. The topological polar surface area (TPSA) is 38.7 Å². The van der Waals surface area contributed by atoms with Gasteiger partial charge in [0.25, 0.3) is 0 Å². The zero-order valence-electron chi connectivity index (χ0n) is 21.8. The van der Waals surface area contributed by atoms with Crippen molar-refractivity contribution in [1.82, 2.24) is 15.0 Å². The van der Waals surface area contributed by atoms with Crippen molar-refractivity contribution >= 4 is 22.4 Å². The highest BCUT2D eigenvalue weighted by molar-refractivity contribution is 5.87. The van der Waals surface area contributed by atoms with E-state index in [-0.39, 0.29) is 0 Å². The molecule has 0 saturated heterocycles. The Labute approximate surface area is 228 Å². The number of benzene rings is 5. The van der Waals surface area contributed by atoms with E-state index in [1.165, 1.54) is 22.1 Å². The molecule has 0 unspecified atom stereocenters.